The van der Waals surface area contributed by atoms with Gasteiger partial charge in [-0.25, -0.2) is 14.6 Å². The molecule has 2 aromatic rings. The number of carbonyl (C=O) groups excluding carboxylic acids is 4. The van der Waals surface area contributed by atoms with Gasteiger partial charge in [0.1, 0.15) is 24.3 Å². The molecule has 296 valence electrons. The first-order valence-electron chi connectivity index (χ1n) is 19.0. The second-order valence-corrected chi connectivity index (χ2v) is 15.8. The van der Waals surface area contributed by atoms with E-state index in [1.165, 1.54) is 6.33 Å². The number of aromatic amines is 1. The number of alkyl carbamates (subject to hydrolysis) is 2. The first kappa shape index (κ1) is 43.2. The van der Waals surface area contributed by atoms with Crippen molar-refractivity contribution in [2.75, 3.05) is 27.2 Å². The van der Waals surface area contributed by atoms with Gasteiger partial charge in [0.15, 0.2) is 0 Å². The largest absolute Gasteiger partial charge is 0.448 e. The topological polar surface area (TPSA) is 187 Å². The summed E-state index contributed by atoms with van der Waals surface area (Å²) in [6, 6.07) is 6.06. The number of amides is 4. The summed E-state index contributed by atoms with van der Waals surface area (Å²) in [4.78, 5) is 62.7. The molecule has 0 bridgehead atoms. The zero-order valence-electron chi connectivity index (χ0n) is 32.7. The highest BCUT2D eigenvalue weighted by Crippen LogP contribution is 2.29. The molecule has 0 saturated heterocycles. The summed E-state index contributed by atoms with van der Waals surface area (Å²) in [5.41, 5.74) is 0.640. The summed E-state index contributed by atoms with van der Waals surface area (Å²) in [6.07, 6.45) is 7.07. The maximum absolute atomic E-state index is 14.2. The summed E-state index contributed by atoms with van der Waals surface area (Å²) in [5.74, 6) is -0.774. The van der Waals surface area contributed by atoms with E-state index in [9.17, 15) is 24.3 Å². The molecule has 1 aromatic carbocycles. The molecule has 5 atom stereocenters. The fourth-order valence-corrected chi connectivity index (χ4v) is 6.42. The number of carbonyl (C=O) groups is 4. The number of hydrogen-bond acceptors (Lipinski definition) is 9. The Morgan fingerprint density at radius 2 is 1.57 bits per heavy atom. The lowest BCUT2D eigenvalue weighted by Crippen LogP contribution is -2.58. The van der Waals surface area contributed by atoms with Crippen molar-refractivity contribution in [3.8, 4) is 0 Å². The number of benzene rings is 1. The average Bonchev–Trinajstić information content (AvgIpc) is 3.60. The molecule has 1 aliphatic carbocycles. The summed E-state index contributed by atoms with van der Waals surface area (Å²) in [7, 11) is 3.79. The number of hydrogen-bond donors (Lipinski definition) is 6. The highest BCUT2D eigenvalue weighted by atomic mass is 16.6. The Morgan fingerprint density at radius 3 is 2.17 bits per heavy atom. The molecule has 4 amide bonds. The molecule has 6 N–H and O–H groups in total. The monoisotopic (exact) mass is 741 g/mol. The molecule has 0 unspecified atom stereocenters. The molecular weight excluding hydrogens is 678 g/mol. The third-order valence-electron chi connectivity index (χ3n) is 9.38. The van der Waals surface area contributed by atoms with Crippen LogP contribution in [0.15, 0.2) is 42.9 Å². The molecule has 53 heavy (non-hydrogen) atoms. The van der Waals surface area contributed by atoms with Crippen LogP contribution in [0.3, 0.4) is 0 Å². The van der Waals surface area contributed by atoms with Crippen LogP contribution in [-0.2, 0) is 31.9 Å². The number of rotatable bonds is 19. The van der Waals surface area contributed by atoms with Crippen LogP contribution in [-0.4, -0.2) is 107 Å². The van der Waals surface area contributed by atoms with Crippen LogP contribution >= 0.6 is 0 Å². The molecular formula is C39H63N7O7. The number of nitrogens with one attached hydrogen (secondary N) is 5. The van der Waals surface area contributed by atoms with Crippen molar-refractivity contribution >= 4 is 24.0 Å². The van der Waals surface area contributed by atoms with Crippen LogP contribution in [0, 0.1) is 11.8 Å². The standard InChI is InChI=1S/C39H63N7O7/c1-26(2)30(44-37(50)52-19-18-46(6)7)23-34(47)31(20-27-14-10-8-11-15-27)42-36(49)33(22-29-24-40-25-41-29)43-35(48)32(21-28-16-12-9-13-17-28)45-38(51)53-39(3,4)5/h9,12-13,16-17,24-27,30-34,47H,8,10-11,14-15,18-23H2,1-7H3,(H,40,41)(H,42,49)(H,43,48)(H,44,50)(H,45,51)/t30-,31-,32-,33-,34-/m0/s1. The second-order valence-electron chi connectivity index (χ2n) is 15.8. The van der Waals surface area contributed by atoms with Crippen molar-refractivity contribution < 1.29 is 33.8 Å². The van der Waals surface area contributed by atoms with Gasteiger partial charge in [0.25, 0.3) is 0 Å². The predicted molar refractivity (Wildman–Crippen MR) is 203 cm³/mol. The van der Waals surface area contributed by atoms with Crippen LogP contribution in [0.2, 0.25) is 0 Å². The number of aliphatic hydroxyl groups excluding tert-OH is 1. The van der Waals surface area contributed by atoms with Crippen LogP contribution in [0.5, 0.6) is 0 Å². The quantitative estimate of drug-likeness (QED) is 0.123. The van der Waals surface area contributed by atoms with Gasteiger partial charge in [-0.05, 0) is 65.1 Å². The molecule has 1 fully saturated rings. The van der Waals surface area contributed by atoms with Crippen molar-refractivity contribution in [1.29, 1.82) is 0 Å². The fourth-order valence-electron chi connectivity index (χ4n) is 6.42. The predicted octanol–water partition coefficient (Wildman–Crippen LogP) is 4.09. The van der Waals surface area contributed by atoms with Crippen molar-refractivity contribution in [3.05, 3.63) is 54.1 Å². The van der Waals surface area contributed by atoms with Crippen molar-refractivity contribution in [2.45, 2.75) is 128 Å². The molecule has 1 aromatic heterocycles. The lowest BCUT2D eigenvalue weighted by atomic mass is 9.82. The minimum Gasteiger partial charge on any atom is -0.448 e. The lowest BCUT2D eigenvalue weighted by molar-refractivity contribution is -0.131. The number of H-pyrrole nitrogens is 1. The number of ether oxygens (including phenoxy) is 2. The number of aliphatic hydroxyl groups is 1. The third kappa shape index (κ3) is 16.6. The number of aromatic nitrogens is 2. The van der Waals surface area contributed by atoms with E-state index in [-0.39, 0.29) is 31.8 Å². The van der Waals surface area contributed by atoms with E-state index in [0.29, 0.717) is 24.6 Å². The zero-order chi connectivity index (χ0) is 39.0. The average molecular weight is 742 g/mol. The van der Waals surface area contributed by atoms with Gasteiger partial charge in [0.05, 0.1) is 18.5 Å². The summed E-state index contributed by atoms with van der Waals surface area (Å²) in [6.45, 7) is 9.93. The molecule has 14 heteroatoms. The highest BCUT2D eigenvalue weighted by Gasteiger charge is 2.34. The lowest BCUT2D eigenvalue weighted by Gasteiger charge is -2.34. The first-order valence-corrected chi connectivity index (χ1v) is 19.0. The Labute approximate surface area is 314 Å². The minimum absolute atomic E-state index is 0.0245. The Bertz CT molecular complexity index is 1390. The van der Waals surface area contributed by atoms with E-state index in [0.717, 1.165) is 37.7 Å². The third-order valence-corrected chi connectivity index (χ3v) is 9.38. The van der Waals surface area contributed by atoms with E-state index >= 15 is 0 Å². The Balaban J connectivity index is 1.83. The summed E-state index contributed by atoms with van der Waals surface area (Å²) in [5, 5.41) is 23.3. The molecule has 3 rings (SSSR count). The number of likely N-dealkylation sites (N-methyl/N-ethyl adjacent to an activating group) is 1. The Kier molecular flexibility index (Phi) is 17.5. The molecule has 1 saturated carbocycles. The first-order chi connectivity index (χ1) is 25.1. The summed E-state index contributed by atoms with van der Waals surface area (Å²) >= 11 is 0. The molecule has 0 spiro atoms. The van der Waals surface area contributed by atoms with E-state index < -0.39 is 59.9 Å². The van der Waals surface area contributed by atoms with Gasteiger partial charge in [-0.2, -0.15) is 0 Å². The maximum Gasteiger partial charge on any atom is 0.408 e. The smallest absolute Gasteiger partial charge is 0.408 e. The molecule has 1 heterocycles. The SMILES string of the molecule is CC(C)[C@H](C[C@H](O)[C@H](CC1CCCCC1)NC(=O)[C@H](Cc1cnc[nH]1)NC(=O)[C@H](Cc1ccccc1)NC(=O)OC(C)(C)C)NC(=O)OCCN(C)C. The van der Waals surface area contributed by atoms with Crippen LogP contribution < -0.4 is 21.3 Å². The van der Waals surface area contributed by atoms with E-state index in [1.807, 2.05) is 63.2 Å². The molecule has 0 radical (unpaired) electrons. The van der Waals surface area contributed by atoms with Crippen molar-refractivity contribution in [2.24, 2.45) is 11.8 Å². The van der Waals surface area contributed by atoms with Crippen LogP contribution in [0.1, 0.15) is 90.8 Å². The van der Waals surface area contributed by atoms with Crippen molar-refractivity contribution in [3.63, 3.8) is 0 Å². The van der Waals surface area contributed by atoms with E-state index in [4.69, 9.17) is 9.47 Å². The van der Waals surface area contributed by atoms with Gasteiger partial charge in [0, 0.05) is 37.3 Å². The fraction of sp³-hybridized carbons (Fsp3) is 0.667. The highest BCUT2D eigenvalue weighted by molar-refractivity contribution is 5.91. The van der Waals surface area contributed by atoms with Crippen LogP contribution in [0.4, 0.5) is 9.59 Å². The normalized spacial score (nSPS) is 16.6. The Hall–Kier alpha value is -4.17. The molecule has 0 aliphatic heterocycles. The van der Waals surface area contributed by atoms with Gasteiger partial charge in [-0.1, -0.05) is 76.3 Å². The van der Waals surface area contributed by atoms with Gasteiger partial charge >= 0.3 is 12.2 Å². The van der Waals surface area contributed by atoms with Gasteiger partial charge in [0.2, 0.25) is 11.8 Å². The van der Waals surface area contributed by atoms with E-state index in [2.05, 4.69) is 31.2 Å². The second kappa shape index (κ2) is 21.5. The van der Waals surface area contributed by atoms with E-state index in [1.54, 1.807) is 27.0 Å². The Morgan fingerprint density at radius 1 is 0.906 bits per heavy atom. The molecule has 1 aliphatic rings. The van der Waals surface area contributed by atoms with Gasteiger partial charge in [-0.3, -0.25) is 9.59 Å². The van der Waals surface area contributed by atoms with Gasteiger partial charge < -0.3 is 45.7 Å². The number of nitrogens with zero attached hydrogens (tertiary/aromatic N) is 2. The summed E-state index contributed by atoms with van der Waals surface area (Å²) < 4.78 is 10.8. The number of imidazole rings is 1. The maximum atomic E-state index is 14.2. The van der Waals surface area contributed by atoms with Gasteiger partial charge in [-0.15, -0.1) is 0 Å². The van der Waals surface area contributed by atoms with Crippen LogP contribution in [0.25, 0.3) is 0 Å². The molecule has 14 nitrogen and oxygen atoms in total. The zero-order valence-corrected chi connectivity index (χ0v) is 32.7. The van der Waals surface area contributed by atoms with Crippen molar-refractivity contribution in [1.82, 2.24) is 36.1 Å². The minimum atomic E-state index is -1.08.